The highest BCUT2D eigenvalue weighted by Crippen LogP contribution is 2.28. The summed E-state index contributed by atoms with van der Waals surface area (Å²) in [6, 6.07) is 16.6. The van der Waals surface area contributed by atoms with Gasteiger partial charge in [-0.25, -0.2) is 0 Å². The van der Waals surface area contributed by atoms with Crippen molar-refractivity contribution in [3.8, 4) is 5.75 Å². The third kappa shape index (κ3) is 3.52. The summed E-state index contributed by atoms with van der Waals surface area (Å²) < 4.78 is 11.0. The van der Waals surface area contributed by atoms with E-state index in [4.69, 9.17) is 9.15 Å². The van der Waals surface area contributed by atoms with E-state index in [9.17, 15) is 4.79 Å². The lowest BCUT2D eigenvalue weighted by Gasteiger charge is -2.18. The molecule has 0 spiro atoms. The molecular formula is C20H18N4O3. The smallest absolute Gasteiger partial charge is 0.287 e. The number of aromatic nitrogens is 3. The van der Waals surface area contributed by atoms with Gasteiger partial charge in [-0.2, -0.15) is 15.0 Å². The lowest BCUT2D eigenvalue weighted by Crippen LogP contribution is -2.31. The van der Waals surface area contributed by atoms with Crippen LogP contribution in [0, 0.1) is 0 Å². The number of nitrogens with zero attached hydrogens (tertiary/aromatic N) is 3. The molecule has 0 aliphatic rings. The van der Waals surface area contributed by atoms with Crippen LogP contribution in [0.4, 0.5) is 0 Å². The number of nitrogens with one attached hydrogen (secondary N) is 1. The molecule has 0 aliphatic heterocycles. The Morgan fingerprint density at radius 1 is 1.15 bits per heavy atom. The Kier molecular flexibility index (Phi) is 4.57. The first kappa shape index (κ1) is 16.8. The van der Waals surface area contributed by atoms with Gasteiger partial charge in [0.1, 0.15) is 0 Å². The van der Waals surface area contributed by atoms with Crippen molar-refractivity contribution < 1.29 is 13.9 Å². The number of carbonyl (C=O) groups is 1. The Balaban J connectivity index is 1.61. The van der Waals surface area contributed by atoms with E-state index >= 15 is 0 Å². The average Bonchev–Trinajstić information content (AvgIpc) is 3.37. The van der Waals surface area contributed by atoms with Crippen molar-refractivity contribution in [2.75, 3.05) is 7.11 Å². The topological polar surface area (TPSA) is 82.2 Å². The number of carbonyl (C=O) groups excluding carboxylic acids is 1. The number of methoxy groups -OCH3 is 1. The van der Waals surface area contributed by atoms with Crippen molar-refractivity contribution in [3.63, 3.8) is 0 Å². The van der Waals surface area contributed by atoms with Crippen LogP contribution < -0.4 is 10.1 Å². The van der Waals surface area contributed by atoms with Gasteiger partial charge in [0.05, 0.1) is 32.1 Å². The first-order chi connectivity index (χ1) is 13.2. The van der Waals surface area contributed by atoms with Crippen LogP contribution in [0.1, 0.15) is 22.2 Å². The third-order valence-corrected chi connectivity index (χ3v) is 4.27. The summed E-state index contributed by atoms with van der Waals surface area (Å²) in [7, 11) is 1.57. The van der Waals surface area contributed by atoms with E-state index in [0.29, 0.717) is 17.9 Å². The van der Waals surface area contributed by atoms with Gasteiger partial charge in [0, 0.05) is 5.39 Å². The third-order valence-electron chi connectivity index (χ3n) is 4.27. The minimum absolute atomic E-state index is 0.226. The Bertz CT molecular complexity index is 1040. The van der Waals surface area contributed by atoms with Gasteiger partial charge in [-0.1, -0.05) is 42.5 Å². The SMILES string of the molecule is COc1cccc2cc(C(=O)N[C@H](Cn3nccn3)c3ccccc3)oc12. The molecule has 0 unspecified atom stereocenters. The van der Waals surface area contributed by atoms with E-state index in [2.05, 4.69) is 15.5 Å². The Labute approximate surface area is 155 Å². The van der Waals surface area contributed by atoms with Crippen molar-refractivity contribution >= 4 is 16.9 Å². The maximum absolute atomic E-state index is 12.8. The molecule has 1 amide bonds. The van der Waals surface area contributed by atoms with E-state index in [1.165, 1.54) is 0 Å². The minimum atomic E-state index is -0.311. The number of amides is 1. The number of hydrogen-bond donors (Lipinski definition) is 1. The first-order valence-electron chi connectivity index (χ1n) is 8.51. The van der Waals surface area contributed by atoms with Crippen molar-refractivity contribution in [2.45, 2.75) is 12.6 Å². The molecule has 0 aliphatic carbocycles. The fraction of sp³-hybridized carbons (Fsp3) is 0.150. The van der Waals surface area contributed by atoms with E-state index < -0.39 is 0 Å². The van der Waals surface area contributed by atoms with Gasteiger partial charge in [-0.05, 0) is 17.7 Å². The van der Waals surface area contributed by atoms with Gasteiger partial charge in [0.25, 0.3) is 5.91 Å². The number of para-hydroxylation sites is 1. The van der Waals surface area contributed by atoms with Gasteiger partial charge in [-0.15, -0.1) is 0 Å². The summed E-state index contributed by atoms with van der Waals surface area (Å²) in [5.41, 5.74) is 1.51. The molecule has 0 saturated carbocycles. The summed E-state index contributed by atoms with van der Waals surface area (Å²) in [5, 5.41) is 12.1. The summed E-state index contributed by atoms with van der Waals surface area (Å²) in [5.74, 6) is 0.505. The number of hydrogen-bond acceptors (Lipinski definition) is 5. The molecule has 0 radical (unpaired) electrons. The van der Waals surface area contributed by atoms with E-state index in [1.54, 1.807) is 36.4 Å². The van der Waals surface area contributed by atoms with Crippen LogP contribution in [0.2, 0.25) is 0 Å². The standard InChI is InChI=1S/C20H18N4O3/c1-26-17-9-5-8-15-12-18(27-19(15)17)20(25)23-16(13-24-21-10-11-22-24)14-6-3-2-4-7-14/h2-12,16H,13H2,1H3,(H,23,25)/t16-/m1/s1. The highest BCUT2D eigenvalue weighted by Gasteiger charge is 2.20. The molecule has 27 heavy (non-hydrogen) atoms. The molecule has 0 bridgehead atoms. The largest absolute Gasteiger partial charge is 0.493 e. The second-order valence-corrected chi connectivity index (χ2v) is 6.01. The van der Waals surface area contributed by atoms with Crippen molar-refractivity contribution in [3.05, 3.63) is 78.3 Å². The highest BCUT2D eigenvalue weighted by atomic mass is 16.5. The number of rotatable bonds is 6. The number of furan rings is 1. The normalized spacial score (nSPS) is 12.0. The molecule has 136 valence electrons. The quantitative estimate of drug-likeness (QED) is 0.569. The molecular weight excluding hydrogens is 344 g/mol. The molecule has 1 atom stereocenters. The van der Waals surface area contributed by atoms with Crippen LogP contribution in [-0.4, -0.2) is 28.0 Å². The maximum atomic E-state index is 12.8. The molecule has 2 aromatic carbocycles. The number of ether oxygens (including phenoxy) is 1. The zero-order valence-electron chi connectivity index (χ0n) is 14.7. The molecule has 0 fully saturated rings. The predicted molar refractivity (Wildman–Crippen MR) is 99.4 cm³/mol. The summed E-state index contributed by atoms with van der Waals surface area (Å²) >= 11 is 0. The van der Waals surface area contributed by atoms with Gasteiger partial charge in [0.15, 0.2) is 17.1 Å². The average molecular weight is 362 g/mol. The zero-order chi connectivity index (χ0) is 18.6. The van der Waals surface area contributed by atoms with Gasteiger partial charge >= 0.3 is 0 Å². The first-order valence-corrected chi connectivity index (χ1v) is 8.51. The molecule has 0 saturated heterocycles. The second kappa shape index (κ2) is 7.33. The summed E-state index contributed by atoms with van der Waals surface area (Å²) in [6.07, 6.45) is 3.21. The Hall–Kier alpha value is -3.61. The lowest BCUT2D eigenvalue weighted by atomic mass is 10.1. The van der Waals surface area contributed by atoms with Crippen LogP contribution in [0.25, 0.3) is 11.0 Å². The zero-order valence-corrected chi connectivity index (χ0v) is 14.7. The van der Waals surface area contributed by atoms with Crippen LogP contribution in [0.5, 0.6) is 5.75 Å². The lowest BCUT2D eigenvalue weighted by molar-refractivity contribution is 0.0904. The maximum Gasteiger partial charge on any atom is 0.287 e. The molecule has 2 aromatic heterocycles. The van der Waals surface area contributed by atoms with Crippen LogP contribution >= 0.6 is 0 Å². The molecule has 4 aromatic rings. The molecule has 7 heteroatoms. The van der Waals surface area contributed by atoms with Gasteiger partial charge in [0.2, 0.25) is 0 Å². The van der Waals surface area contributed by atoms with E-state index in [0.717, 1.165) is 10.9 Å². The monoisotopic (exact) mass is 362 g/mol. The predicted octanol–water partition coefficient (Wildman–Crippen LogP) is 3.20. The Morgan fingerprint density at radius 3 is 2.67 bits per heavy atom. The van der Waals surface area contributed by atoms with E-state index in [1.807, 2.05) is 42.5 Å². The van der Waals surface area contributed by atoms with Gasteiger partial charge < -0.3 is 14.5 Å². The molecule has 4 rings (SSSR count). The molecule has 2 heterocycles. The van der Waals surface area contributed by atoms with Gasteiger partial charge in [-0.3, -0.25) is 4.79 Å². The molecule has 1 N–H and O–H groups in total. The van der Waals surface area contributed by atoms with Crippen molar-refractivity contribution in [1.29, 1.82) is 0 Å². The number of fused-ring (bicyclic) bond motifs is 1. The minimum Gasteiger partial charge on any atom is -0.493 e. The fourth-order valence-electron chi connectivity index (χ4n) is 2.96. The van der Waals surface area contributed by atoms with Crippen molar-refractivity contribution in [1.82, 2.24) is 20.3 Å². The summed E-state index contributed by atoms with van der Waals surface area (Å²) in [6.45, 7) is 0.409. The van der Waals surface area contributed by atoms with Crippen LogP contribution in [0.15, 0.2) is 71.4 Å². The Morgan fingerprint density at radius 2 is 1.93 bits per heavy atom. The summed E-state index contributed by atoms with van der Waals surface area (Å²) in [4.78, 5) is 14.4. The number of benzene rings is 2. The fourth-order valence-corrected chi connectivity index (χ4v) is 2.96. The van der Waals surface area contributed by atoms with Crippen molar-refractivity contribution in [2.24, 2.45) is 0 Å². The highest BCUT2D eigenvalue weighted by molar-refractivity contribution is 5.97. The second-order valence-electron chi connectivity index (χ2n) is 6.01. The molecule has 7 nitrogen and oxygen atoms in total. The van der Waals surface area contributed by atoms with E-state index in [-0.39, 0.29) is 17.7 Å². The van der Waals surface area contributed by atoms with Crippen LogP contribution in [0.3, 0.4) is 0 Å². The van der Waals surface area contributed by atoms with Crippen LogP contribution in [-0.2, 0) is 6.54 Å².